The summed E-state index contributed by atoms with van der Waals surface area (Å²) < 4.78 is 5.07. The first-order chi connectivity index (χ1) is 12.1. The Morgan fingerprint density at radius 3 is 2.32 bits per heavy atom. The smallest absolute Gasteiger partial charge is 0.340 e. The van der Waals surface area contributed by atoms with E-state index in [9.17, 15) is 9.59 Å². The van der Waals surface area contributed by atoms with E-state index in [2.05, 4.69) is 17.6 Å². The molecular formula is C20H24N2O3. The molecule has 0 radical (unpaired) electrons. The number of nitrogens with one attached hydrogen (secondary N) is 2. The van der Waals surface area contributed by atoms with Gasteiger partial charge in [0.05, 0.1) is 17.9 Å². The van der Waals surface area contributed by atoms with Gasteiger partial charge in [0.15, 0.2) is 0 Å². The summed E-state index contributed by atoms with van der Waals surface area (Å²) >= 11 is 0. The number of carbonyl (C=O) groups is 2. The maximum Gasteiger partial charge on any atom is 0.340 e. The Morgan fingerprint density at radius 2 is 1.64 bits per heavy atom. The molecule has 0 saturated carbocycles. The van der Waals surface area contributed by atoms with Crippen molar-refractivity contribution in [3.05, 3.63) is 54.1 Å². The monoisotopic (exact) mass is 340 g/mol. The summed E-state index contributed by atoms with van der Waals surface area (Å²) in [6.07, 6.45) is 2.41. The summed E-state index contributed by atoms with van der Waals surface area (Å²) in [7, 11) is 0. The average molecular weight is 340 g/mol. The molecule has 5 nitrogen and oxygen atoms in total. The summed E-state index contributed by atoms with van der Waals surface area (Å²) in [6, 6.07) is 14.6. The van der Waals surface area contributed by atoms with Gasteiger partial charge in [-0.1, -0.05) is 25.5 Å². The fourth-order valence-corrected chi connectivity index (χ4v) is 2.33. The van der Waals surface area contributed by atoms with Crippen molar-refractivity contribution in [3.63, 3.8) is 0 Å². The second kappa shape index (κ2) is 9.47. The minimum absolute atomic E-state index is 0.0233. The maximum atomic E-state index is 12.0. The molecule has 0 unspecified atom stereocenters. The van der Waals surface area contributed by atoms with E-state index in [0.29, 0.717) is 24.3 Å². The largest absolute Gasteiger partial charge is 0.462 e. The van der Waals surface area contributed by atoms with Crippen LogP contribution in [0.15, 0.2) is 48.5 Å². The van der Waals surface area contributed by atoms with Crippen LogP contribution in [0.3, 0.4) is 0 Å². The molecule has 0 bridgehead atoms. The predicted octanol–water partition coefficient (Wildman–Crippen LogP) is 4.74. The van der Waals surface area contributed by atoms with E-state index in [4.69, 9.17) is 4.74 Å². The van der Waals surface area contributed by atoms with Gasteiger partial charge in [-0.15, -0.1) is 0 Å². The molecule has 0 saturated heterocycles. The molecule has 0 aliphatic rings. The molecule has 0 atom stereocenters. The highest BCUT2D eigenvalue weighted by atomic mass is 16.5. The Kier molecular flexibility index (Phi) is 7.01. The van der Waals surface area contributed by atoms with Crippen molar-refractivity contribution in [2.75, 3.05) is 17.2 Å². The first-order valence-electron chi connectivity index (χ1n) is 8.57. The van der Waals surface area contributed by atoms with Crippen LogP contribution in [0.5, 0.6) is 0 Å². The summed E-state index contributed by atoms with van der Waals surface area (Å²) in [5, 5.41) is 6.09. The van der Waals surface area contributed by atoms with Crippen LogP contribution in [0.1, 0.15) is 43.5 Å². The second-order valence-corrected chi connectivity index (χ2v) is 5.62. The van der Waals surface area contributed by atoms with Gasteiger partial charge in [0.1, 0.15) is 0 Å². The first-order valence-corrected chi connectivity index (χ1v) is 8.57. The highest BCUT2D eigenvalue weighted by Crippen LogP contribution is 2.23. The topological polar surface area (TPSA) is 67.4 Å². The predicted molar refractivity (Wildman–Crippen MR) is 100 cm³/mol. The van der Waals surface area contributed by atoms with Crippen molar-refractivity contribution < 1.29 is 14.3 Å². The van der Waals surface area contributed by atoms with Crippen molar-refractivity contribution >= 4 is 28.9 Å². The lowest BCUT2D eigenvalue weighted by Gasteiger charge is -2.12. The average Bonchev–Trinajstić information content (AvgIpc) is 2.62. The highest BCUT2D eigenvalue weighted by molar-refractivity contribution is 5.96. The molecule has 2 N–H and O–H groups in total. The summed E-state index contributed by atoms with van der Waals surface area (Å²) in [4.78, 5) is 23.8. The minimum Gasteiger partial charge on any atom is -0.462 e. The Hall–Kier alpha value is -2.82. The van der Waals surface area contributed by atoms with E-state index in [-0.39, 0.29) is 11.9 Å². The van der Waals surface area contributed by atoms with Crippen molar-refractivity contribution in [3.8, 4) is 0 Å². The Balaban J connectivity index is 2.04. The van der Waals surface area contributed by atoms with Gasteiger partial charge >= 0.3 is 5.97 Å². The zero-order chi connectivity index (χ0) is 18.1. The van der Waals surface area contributed by atoms with Gasteiger partial charge in [-0.25, -0.2) is 4.79 Å². The Bertz CT molecular complexity index is 711. The summed E-state index contributed by atoms with van der Waals surface area (Å²) in [5.41, 5.74) is 2.75. The minimum atomic E-state index is -0.356. The van der Waals surface area contributed by atoms with Crippen molar-refractivity contribution in [1.82, 2.24) is 0 Å². The van der Waals surface area contributed by atoms with Crippen LogP contribution in [0, 0.1) is 0 Å². The normalized spacial score (nSPS) is 10.2. The number of esters is 1. The standard InChI is InChI=1S/C20H24N2O3/c1-3-5-10-19(23)22-16-13-11-15(12-14-16)21-18-9-7-6-8-17(18)20(24)25-4-2/h6-9,11-14,21H,3-5,10H2,1-2H3,(H,22,23). The van der Waals surface area contributed by atoms with E-state index in [0.717, 1.165) is 24.2 Å². The molecule has 5 heteroatoms. The van der Waals surface area contributed by atoms with Crippen molar-refractivity contribution in [2.45, 2.75) is 33.1 Å². The molecule has 0 aliphatic carbocycles. The van der Waals surface area contributed by atoms with Gasteiger partial charge in [0.25, 0.3) is 0 Å². The number of ether oxygens (including phenoxy) is 1. The number of rotatable bonds is 8. The molecule has 2 rings (SSSR count). The highest BCUT2D eigenvalue weighted by Gasteiger charge is 2.11. The lowest BCUT2D eigenvalue weighted by Crippen LogP contribution is -2.11. The van der Waals surface area contributed by atoms with Crippen LogP contribution < -0.4 is 10.6 Å². The number of benzene rings is 2. The number of hydrogen-bond acceptors (Lipinski definition) is 4. The molecule has 0 spiro atoms. The van der Waals surface area contributed by atoms with E-state index < -0.39 is 0 Å². The fraction of sp³-hybridized carbons (Fsp3) is 0.300. The van der Waals surface area contributed by atoms with Gasteiger partial charge in [0.2, 0.25) is 5.91 Å². The van der Waals surface area contributed by atoms with E-state index >= 15 is 0 Å². The lowest BCUT2D eigenvalue weighted by atomic mass is 10.1. The Morgan fingerprint density at radius 1 is 0.960 bits per heavy atom. The second-order valence-electron chi connectivity index (χ2n) is 5.62. The van der Waals surface area contributed by atoms with Crippen LogP contribution >= 0.6 is 0 Å². The van der Waals surface area contributed by atoms with Gasteiger partial charge in [0, 0.05) is 17.8 Å². The lowest BCUT2D eigenvalue weighted by molar-refractivity contribution is -0.116. The zero-order valence-electron chi connectivity index (χ0n) is 14.7. The fourth-order valence-electron chi connectivity index (χ4n) is 2.33. The summed E-state index contributed by atoms with van der Waals surface area (Å²) in [6.45, 7) is 4.17. The first kappa shape index (κ1) is 18.5. The van der Waals surface area contributed by atoms with E-state index in [1.54, 1.807) is 19.1 Å². The third-order valence-electron chi connectivity index (χ3n) is 3.63. The molecule has 0 fully saturated rings. The van der Waals surface area contributed by atoms with Gasteiger partial charge in [-0.3, -0.25) is 4.79 Å². The molecular weight excluding hydrogens is 316 g/mol. The number of amides is 1. The molecule has 25 heavy (non-hydrogen) atoms. The zero-order valence-corrected chi connectivity index (χ0v) is 14.7. The molecule has 0 aromatic heterocycles. The SMILES string of the molecule is CCCCC(=O)Nc1ccc(Nc2ccccc2C(=O)OCC)cc1. The van der Waals surface area contributed by atoms with E-state index in [1.807, 2.05) is 36.4 Å². The molecule has 2 aromatic carbocycles. The number of anilines is 3. The molecule has 2 aromatic rings. The summed E-state index contributed by atoms with van der Waals surface area (Å²) in [5.74, 6) is -0.333. The maximum absolute atomic E-state index is 12.0. The van der Waals surface area contributed by atoms with Gasteiger partial charge < -0.3 is 15.4 Å². The molecule has 132 valence electrons. The van der Waals surface area contributed by atoms with E-state index in [1.165, 1.54) is 0 Å². The molecule has 0 aliphatic heterocycles. The third kappa shape index (κ3) is 5.64. The number of para-hydroxylation sites is 1. The molecule has 0 heterocycles. The van der Waals surface area contributed by atoms with Crippen molar-refractivity contribution in [1.29, 1.82) is 0 Å². The van der Waals surface area contributed by atoms with Crippen LogP contribution in [0.2, 0.25) is 0 Å². The molecule has 1 amide bonds. The number of hydrogen-bond donors (Lipinski definition) is 2. The van der Waals surface area contributed by atoms with Gasteiger partial charge in [-0.2, -0.15) is 0 Å². The van der Waals surface area contributed by atoms with Crippen LogP contribution in [0.4, 0.5) is 17.1 Å². The third-order valence-corrected chi connectivity index (χ3v) is 3.63. The number of carbonyl (C=O) groups excluding carboxylic acids is 2. The quantitative estimate of drug-likeness (QED) is 0.681. The van der Waals surface area contributed by atoms with Crippen LogP contribution in [-0.2, 0) is 9.53 Å². The van der Waals surface area contributed by atoms with Crippen LogP contribution in [0.25, 0.3) is 0 Å². The Labute approximate surface area is 148 Å². The van der Waals surface area contributed by atoms with Crippen LogP contribution in [-0.4, -0.2) is 18.5 Å². The van der Waals surface area contributed by atoms with Gasteiger partial charge in [-0.05, 0) is 49.7 Å². The van der Waals surface area contributed by atoms with Crippen molar-refractivity contribution in [2.24, 2.45) is 0 Å². The number of unbranched alkanes of at least 4 members (excludes halogenated alkanes) is 1.